The SMILES string of the molecule is Cc1ncsc1-c1ccc(CNC(=O)C2CC(O)CN2C(=O)C(NC(=O)CCl)C(C)(C)C)cc1. The number of β-amino-alcohol motifs (C(OH)–C–C–N with tert-alkyl or cyclic N) is 1. The smallest absolute Gasteiger partial charge is 0.246 e. The van der Waals surface area contributed by atoms with Crippen molar-refractivity contribution in [3.05, 3.63) is 41.0 Å². The third-order valence-electron chi connectivity index (χ3n) is 5.83. The Morgan fingerprint density at radius 3 is 2.50 bits per heavy atom. The highest BCUT2D eigenvalue weighted by Gasteiger charge is 2.44. The molecule has 0 saturated carbocycles. The van der Waals surface area contributed by atoms with Crippen LogP contribution in [-0.2, 0) is 20.9 Å². The number of aliphatic hydroxyl groups excluding tert-OH is 1. The van der Waals surface area contributed by atoms with Gasteiger partial charge in [0.1, 0.15) is 18.0 Å². The van der Waals surface area contributed by atoms with Crippen LogP contribution >= 0.6 is 22.9 Å². The van der Waals surface area contributed by atoms with Crippen molar-refractivity contribution in [2.24, 2.45) is 5.41 Å². The average molecular weight is 507 g/mol. The molecule has 1 fully saturated rings. The summed E-state index contributed by atoms with van der Waals surface area (Å²) in [4.78, 5) is 45.0. The minimum atomic E-state index is -0.873. The molecule has 2 heterocycles. The maximum absolute atomic E-state index is 13.3. The van der Waals surface area contributed by atoms with E-state index in [2.05, 4.69) is 15.6 Å². The Labute approximate surface area is 208 Å². The van der Waals surface area contributed by atoms with Gasteiger partial charge in [-0.1, -0.05) is 45.0 Å². The van der Waals surface area contributed by atoms with E-state index in [1.807, 2.05) is 57.5 Å². The van der Waals surface area contributed by atoms with Gasteiger partial charge >= 0.3 is 0 Å². The van der Waals surface area contributed by atoms with Gasteiger partial charge in [-0.25, -0.2) is 4.98 Å². The highest BCUT2D eigenvalue weighted by atomic mass is 35.5. The number of nitrogens with zero attached hydrogens (tertiary/aromatic N) is 2. The Morgan fingerprint density at radius 2 is 1.94 bits per heavy atom. The van der Waals surface area contributed by atoms with Crippen molar-refractivity contribution in [2.75, 3.05) is 12.4 Å². The molecule has 0 spiro atoms. The molecule has 3 rings (SSSR count). The van der Waals surface area contributed by atoms with Gasteiger partial charge in [-0.05, 0) is 23.5 Å². The summed E-state index contributed by atoms with van der Waals surface area (Å²) in [6.45, 7) is 7.76. The van der Waals surface area contributed by atoms with Crippen LogP contribution in [0.2, 0.25) is 0 Å². The summed E-state index contributed by atoms with van der Waals surface area (Å²) >= 11 is 7.19. The van der Waals surface area contributed by atoms with Crippen LogP contribution < -0.4 is 10.6 Å². The van der Waals surface area contributed by atoms with E-state index in [0.29, 0.717) is 6.54 Å². The molecule has 1 saturated heterocycles. The minimum absolute atomic E-state index is 0.0309. The van der Waals surface area contributed by atoms with Gasteiger partial charge in [-0.2, -0.15) is 0 Å². The maximum atomic E-state index is 13.3. The predicted octanol–water partition coefficient (Wildman–Crippen LogP) is 2.47. The first kappa shape index (κ1) is 26.1. The Morgan fingerprint density at radius 1 is 1.26 bits per heavy atom. The van der Waals surface area contributed by atoms with Crippen molar-refractivity contribution in [2.45, 2.75) is 58.8 Å². The van der Waals surface area contributed by atoms with Gasteiger partial charge in [0.2, 0.25) is 17.7 Å². The number of carbonyl (C=O) groups is 3. The molecule has 1 aliphatic heterocycles. The average Bonchev–Trinajstić information content (AvgIpc) is 3.40. The molecule has 34 heavy (non-hydrogen) atoms. The molecule has 3 atom stereocenters. The number of likely N-dealkylation sites (tertiary alicyclic amines) is 1. The number of hydrogen-bond acceptors (Lipinski definition) is 6. The fourth-order valence-corrected chi connectivity index (χ4v) is 4.87. The largest absolute Gasteiger partial charge is 0.391 e. The number of hydrogen-bond donors (Lipinski definition) is 3. The van der Waals surface area contributed by atoms with Crippen LogP contribution in [0.25, 0.3) is 10.4 Å². The fraction of sp³-hybridized carbons (Fsp3) is 0.500. The number of aryl methyl sites for hydroxylation is 1. The number of nitrogens with one attached hydrogen (secondary N) is 2. The topological polar surface area (TPSA) is 112 Å². The third-order valence-corrected chi connectivity index (χ3v) is 7.05. The molecule has 0 radical (unpaired) electrons. The van der Waals surface area contributed by atoms with Crippen LogP contribution in [0.15, 0.2) is 29.8 Å². The molecule has 184 valence electrons. The number of carbonyl (C=O) groups excluding carboxylic acids is 3. The highest BCUT2D eigenvalue weighted by molar-refractivity contribution is 7.13. The molecule has 8 nitrogen and oxygen atoms in total. The number of amides is 3. The summed E-state index contributed by atoms with van der Waals surface area (Å²) in [5, 5.41) is 15.8. The van der Waals surface area contributed by atoms with Gasteiger partial charge in [0, 0.05) is 19.5 Å². The van der Waals surface area contributed by atoms with Crippen LogP contribution in [0.3, 0.4) is 0 Å². The molecule has 1 aromatic heterocycles. The Hall–Kier alpha value is -2.49. The van der Waals surface area contributed by atoms with Crippen molar-refractivity contribution in [1.29, 1.82) is 0 Å². The highest BCUT2D eigenvalue weighted by Crippen LogP contribution is 2.28. The van der Waals surface area contributed by atoms with Gasteiger partial charge in [0.05, 0.1) is 22.2 Å². The van der Waals surface area contributed by atoms with Crippen LogP contribution in [0.4, 0.5) is 0 Å². The van der Waals surface area contributed by atoms with Crippen molar-refractivity contribution in [1.82, 2.24) is 20.5 Å². The lowest BCUT2D eigenvalue weighted by atomic mass is 9.85. The summed E-state index contributed by atoms with van der Waals surface area (Å²) in [5.74, 6) is -1.49. The molecule has 10 heteroatoms. The number of aromatic nitrogens is 1. The molecule has 2 aromatic rings. The summed E-state index contributed by atoms with van der Waals surface area (Å²) in [6.07, 6.45) is -0.674. The summed E-state index contributed by atoms with van der Waals surface area (Å²) in [5.41, 5.74) is 4.17. The molecule has 1 aromatic carbocycles. The Kier molecular flexibility index (Phi) is 8.33. The van der Waals surface area contributed by atoms with Crippen LogP contribution in [0, 0.1) is 12.3 Å². The monoisotopic (exact) mass is 506 g/mol. The van der Waals surface area contributed by atoms with E-state index >= 15 is 0 Å². The van der Waals surface area contributed by atoms with Gasteiger partial charge in [-0.3, -0.25) is 14.4 Å². The molecular weight excluding hydrogens is 476 g/mol. The van der Waals surface area contributed by atoms with Crippen molar-refractivity contribution in [3.63, 3.8) is 0 Å². The molecule has 0 aliphatic carbocycles. The molecule has 3 unspecified atom stereocenters. The first-order valence-electron chi connectivity index (χ1n) is 11.1. The van der Waals surface area contributed by atoms with Crippen LogP contribution in [0.5, 0.6) is 0 Å². The molecule has 1 aliphatic rings. The molecular formula is C24H31ClN4O4S. The molecule has 0 bridgehead atoms. The van der Waals surface area contributed by atoms with Gasteiger partial charge in [0.15, 0.2) is 0 Å². The maximum Gasteiger partial charge on any atom is 0.246 e. The second-order valence-electron chi connectivity index (χ2n) is 9.58. The lowest BCUT2D eigenvalue weighted by molar-refractivity contribution is -0.143. The number of aliphatic hydroxyl groups is 1. The van der Waals surface area contributed by atoms with Crippen LogP contribution in [0.1, 0.15) is 38.4 Å². The standard InChI is InChI=1S/C24H31ClN4O4S/c1-14-20(34-13-27-14)16-7-5-15(6-8-16)11-26-22(32)18-9-17(30)12-29(18)23(33)21(24(2,3)4)28-19(31)10-25/h5-8,13,17-18,21,30H,9-12H2,1-4H3,(H,26,32)(H,28,31). The van der Waals surface area contributed by atoms with Crippen LogP contribution in [-0.4, -0.2) is 63.3 Å². The number of thiazole rings is 1. The van der Waals surface area contributed by atoms with Gasteiger partial charge < -0.3 is 20.6 Å². The van der Waals surface area contributed by atoms with Crippen molar-refractivity contribution >= 4 is 40.7 Å². The zero-order valence-corrected chi connectivity index (χ0v) is 21.4. The lowest BCUT2D eigenvalue weighted by Crippen LogP contribution is -2.58. The van der Waals surface area contributed by atoms with E-state index < -0.39 is 35.4 Å². The number of alkyl halides is 1. The van der Waals surface area contributed by atoms with E-state index in [1.165, 1.54) is 4.90 Å². The number of benzene rings is 1. The Bertz CT molecular complexity index is 1030. The van der Waals surface area contributed by atoms with E-state index in [0.717, 1.165) is 21.7 Å². The van der Waals surface area contributed by atoms with Gasteiger partial charge in [0.25, 0.3) is 0 Å². The summed E-state index contributed by atoms with van der Waals surface area (Å²) in [6, 6.07) is 6.17. The van der Waals surface area contributed by atoms with E-state index in [1.54, 1.807) is 11.3 Å². The zero-order valence-electron chi connectivity index (χ0n) is 19.8. The minimum Gasteiger partial charge on any atom is -0.391 e. The van der Waals surface area contributed by atoms with E-state index in [4.69, 9.17) is 11.6 Å². The van der Waals surface area contributed by atoms with Crippen molar-refractivity contribution < 1.29 is 19.5 Å². The second kappa shape index (κ2) is 10.8. The summed E-state index contributed by atoms with van der Waals surface area (Å²) < 4.78 is 0. The quantitative estimate of drug-likeness (QED) is 0.499. The van der Waals surface area contributed by atoms with Gasteiger partial charge in [-0.15, -0.1) is 22.9 Å². The van der Waals surface area contributed by atoms with E-state index in [9.17, 15) is 19.5 Å². The number of halogens is 1. The molecule has 3 amide bonds. The first-order chi connectivity index (χ1) is 16.0. The number of rotatable bonds is 7. The molecule has 3 N–H and O–H groups in total. The Balaban J connectivity index is 1.67. The predicted molar refractivity (Wildman–Crippen MR) is 132 cm³/mol. The second-order valence-corrected chi connectivity index (χ2v) is 10.7. The van der Waals surface area contributed by atoms with E-state index in [-0.39, 0.29) is 24.8 Å². The normalized spacial score (nSPS) is 19.1. The summed E-state index contributed by atoms with van der Waals surface area (Å²) in [7, 11) is 0. The zero-order chi connectivity index (χ0) is 25.0. The van der Waals surface area contributed by atoms with Crippen molar-refractivity contribution in [3.8, 4) is 10.4 Å². The third kappa shape index (κ3) is 6.14. The fourth-order valence-electron chi connectivity index (χ4n) is 3.98. The first-order valence-corrected chi connectivity index (χ1v) is 12.5. The lowest BCUT2D eigenvalue weighted by Gasteiger charge is -2.35.